The Morgan fingerprint density at radius 3 is 2.21 bits per heavy atom. The van der Waals surface area contributed by atoms with Gasteiger partial charge in [-0.2, -0.15) is 0 Å². The molecule has 0 radical (unpaired) electrons. The van der Waals surface area contributed by atoms with Crippen LogP contribution in [-0.2, 0) is 4.43 Å². The van der Waals surface area contributed by atoms with E-state index in [0.29, 0.717) is 0 Å². The van der Waals surface area contributed by atoms with Gasteiger partial charge in [-0.15, -0.1) is 0 Å². The summed E-state index contributed by atoms with van der Waals surface area (Å²) < 4.78 is 17.3. The molecule has 0 aromatic heterocycles. The molecule has 0 amide bonds. The van der Waals surface area contributed by atoms with Gasteiger partial charge in [-0.05, 0) is 35.1 Å². The van der Waals surface area contributed by atoms with E-state index in [0.717, 1.165) is 37.4 Å². The summed E-state index contributed by atoms with van der Waals surface area (Å²) in [7, 11) is -1.70. The van der Waals surface area contributed by atoms with E-state index < -0.39 is 14.4 Å². The number of rotatable bonds is 12. The first kappa shape index (κ1) is 17.7. The Morgan fingerprint density at radius 1 is 1.11 bits per heavy atom. The molecule has 0 aliphatic carbocycles. The standard InChI is InChI=1S/C16H33IOSi/c1-5-9-10-11-13-16(14-12-15-17)18-19(6-2,7-3)8-4/h12,15-16H,5-11,13-14H2,1-4H3/b15-12+/i16D. The first-order valence-electron chi connectivity index (χ1n) is 8.46. The summed E-state index contributed by atoms with van der Waals surface area (Å²) in [6, 6.07) is 3.39. The van der Waals surface area contributed by atoms with Crippen LogP contribution < -0.4 is 0 Å². The average molecular weight is 397 g/mol. The van der Waals surface area contributed by atoms with Crippen LogP contribution in [0.15, 0.2) is 10.2 Å². The van der Waals surface area contributed by atoms with Crippen molar-refractivity contribution in [1.82, 2.24) is 0 Å². The van der Waals surface area contributed by atoms with Crippen molar-refractivity contribution in [2.24, 2.45) is 0 Å². The van der Waals surface area contributed by atoms with Gasteiger partial charge >= 0.3 is 0 Å². The van der Waals surface area contributed by atoms with Crippen molar-refractivity contribution in [3.63, 3.8) is 0 Å². The van der Waals surface area contributed by atoms with Gasteiger partial charge in [0.1, 0.15) is 0 Å². The molecule has 0 saturated carbocycles. The van der Waals surface area contributed by atoms with Crippen LogP contribution in [0, 0.1) is 0 Å². The largest absolute Gasteiger partial charge is 0.414 e. The lowest BCUT2D eigenvalue weighted by molar-refractivity contribution is 0.175. The second kappa shape index (κ2) is 12.4. The summed E-state index contributed by atoms with van der Waals surface area (Å²) in [4.78, 5) is 0. The van der Waals surface area contributed by atoms with Crippen molar-refractivity contribution in [2.45, 2.75) is 90.4 Å². The molecule has 3 heteroatoms. The predicted octanol–water partition coefficient (Wildman–Crippen LogP) is 6.69. The van der Waals surface area contributed by atoms with Crippen LogP contribution in [-0.4, -0.2) is 14.4 Å². The van der Waals surface area contributed by atoms with Crippen molar-refractivity contribution in [1.29, 1.82) is 0 Å². The zero-order valence-corrected chi connectivity index (χ0v) is 16.5. The minimum absolute atomic E-state index is 0.691. The fraction of sp³-hybridized carbons (Fsp3) is 0.875. The van der Waals surface area contributed by atoms with Crippen molar-refractivity contribution in [3.8, 4) is 0 Å². The smallest absolute Gasteiger partial charge is 0.192 e. The fourth-order valence-electron chi connectivity index (χ4n) is 2.39. The third-order valence-electron chi connectivity index (χ3n) is 4.04. The van der Waals surface area contributed by atoms with Gasteiger partial charge in [0.05, 0.1) is 1.37 Å². The Labute approximate surface area is 137 Å². The van der Waals surface area contributed by atoms with E-state index in [9.17, 15) is 0 Å². The number of unbranched alkanes of at least 4 members (excludes halogenated alkanes) is 3. The average Bonchev–Trinajstić information content (AvgIpc) is 2.48. The first-order valence-corrected chi connectivity index (χ1v) is 11.7. The van der Waals surface area contributed by atoms with E-state index in [1.54, 1.807) is 0 Å². The van der Waals surface area contributed by atoms with Gasteiger partial charge in [-0.25, -0.2) is 0 Å². The molecule has 19 heavy (non-hydrogen) atoms. The molecule has 1 nitrogen and oxygen atoms in total. The Bertz CT molecular complexity index is 261. The molecule has 0 spiro atoms. The molecule has 0 fully saturated rings. The summed E-state index contributed by atoms with van der Waals surface area (Å²) in [5.41, 5.74) is 0. The van der Waals surface area contributed by atoms with Gasteiger partial charge in [0, 0.05) is 6.08 Å². The zero-order chi connectivity index (χ0) is 15.5. The molecule has 0 aliphatic heterocycles. The third-order valence-corrected chi connectivity index (χ3v) is 9.13. The third kappa shape index (κ3) is 8.51. The lowest BCUT2D eigenvalue weighted by atomic mass is 10.1. The van der Waals surface area contributed by atoms with Crippen LogP contribution in [0.5, 0.6) is 0 Å². The molecule has 0 aromatic rings. The molecule has 0 heterocycles. The van der Waals surface area contributed by atoms with Crippen LogP contribution in [0.2, 0.25) is 18.1 Å². The highest BCUT2D eigenvalue weighted by Gasteiger charge is 2.31. The molecule has 0 N–H and O–H groups in total. The van der Waals surface area contributed by atoms with E-state index in [4.69, 9.17) is 5.80 Å². The second-order valence-electron chi connectivity index (χ2n) is 5.26. The van der Waals surface area contributed by atoms with Gasteiger partial charge in [-0.3, -0.25) is 0 Å². The molecule has 1 atom stereocenters. The molecular weight excluding hydrogens is 363 g/mol. The molecular formula is C16H33IOSi. The maximum Gasteiger partial charge on any atom is 0.192 e. The molecule has 0 aromatic carbocycles. The number of halogens is 1. The van der Waals surface area contributed by atoms with Crippen LogP contribution in [0.1, 0.15) is 67.6 Å². The van der Waals surface area contributed by atoms with Gasteiger partial charge in [0.2, 0.25) is 0 Å². The van der Waals surface area contributed by atoms with E-state index in [1.165, 1.54) is 19.3 Å². The van der Waals surface area contributed by atoms with Crippen LogP contribution >= 0.6 is 22.6 Å². The van der Waals surface area contributed by atoms with Gasteiger partial charge in [0.15, 0.2) is 8.32 Å². The first-order chi connectivity index (χ1) is 9.51. The van der Waals surface area contributed by atoms with E-state index in [-0.39, 0.29) is 0 Å². The minimum atomic E-state index is -1.70. The fourth-order valence-corrected chi connectivity index (χ4v) is 5.38. The maximum absolute atomic E-state index is 8.78. The molecule has 1 unspecified atom stereocenters. The lowest BCUT2D eigenvalue weighted by Gasteiger charge is -2.33. The van der Waals surface area contributed by atoms with Crippen molar-refractivity contribution < 1.29 is 5.80 Å². The van der Waals surface area contributed by atoms with E-state index in [2.05, 4.69) is 56.4 Å². The van der Waals surface area contributed by atoms with Gasteiger partial charge < -0.3 is 4.43 Å². The summed E-state index contributed by atoms with van der Waals surface area (Å²) in [5, 5.41) is 0. The summed E-state index contributed by atoms with van der Waals surface area (Å²) >= 11 is 2.24. The van der Waals surface area contributed by atoms with Gasteiger partial charge in [0.25, 0.3) is 0 Å². The number of hydrogen-bond acceptors (Lipinski definition) is 1. The summed E-state index contributed by atoms with van der Waals surface area (Å²) in [6.07, 6.45) is 7.88. The molecule has 0 bridgehead atoms. The molecule has 0 aliphatic rings. The molecule has 114 valence electrons. The van der Waals surface area contributed by atoms with E-state index >= 15 is 0 Å². The normalized spacial score (nSPS) is 16.6. The topological polar surface area (TPSA) is 9.23 Å². The number of hydrogen-bond donors (Lipinski definition) is 0. The lowest BCUT2D eigenvalue weighted by Crippen LogP contribution is -2.39. The van der Waals surface area contributed by atoms with Crippen molar-refractivity contribution in [3.05, 3.63) is 10.2 Å². The predicted molar refractivity (Wildman–Crippen MR) is 98.6 cm³/mol. The molecule has 0 saturated heterocycles. The summed E-state index contributed by atoms with van der Waals surface area (Å²) in [5.74, 6) is 0. The van der Waals surface area contributed by atoms with Crippen LogP contribution in [0.4, 0.5) is 0 Å². The Morgan fingerprint density at radius 2 is 1.74 bits per heavy atom. The maximum atomic E-state index is 8.78. The van der Waals surface area contributed by atoms with E-state index in [1.807, 2.05) is 4.08 Å². The molecule has 0 rings (SSSR count). The van der Waals surface area contributed by atoms with Crippen LogP contribution in [0.25, 0.3) is 0 Å². The quantitative estimate of drug-likeness (QED) is 0.203. The minimum Gasteiger partial charge on any atom is -0.414 e. The van der Waals surface area contributed by atoms with Crippen molar-refractivity contribution >= 4 is 30.9 Å². The van der Waals surface area contributed by atoms with Gasteiger partial charge in [-0.1, -0.05) is 82.0 Å². The Balaban J connectivity index is 4.73. The monoisotopic (exact) mass is 397 g/mol. The highest BCUT2D eigenvalue weighted by Crippen LogP contribution is 2.26. The Hall–Kier alpha value is 0.647. The highest BCUT2D eigenvalue weighted by atomic mass is 127. The zero-order valence-electron chi connectivity index (χ0n) is 14.3. The summed E-state index contributed by atoms with van der Waals surface area (Å²) in [6.45, 7) is 8.95. The second-order valence-corrected chi connectivity index (χ2v) is 10.7. The van der Waals surface area contributed by atoms with Crippen LogP contribution in [0.3, 0.4) is 0 Å². The SMILES string of the molecule is [2H]C(C/C=C/I)(CCCCCC)O[Si](CC)(CC)CC. The van der Waals surface area contributed by atoms with Crippen molar-refractivity contribution in [2.75, 3.05) is 0 Å². The highest BCUT2D eigenvalue weighted by molar-refractivity contribution is 14.1. The Kier molecular flexibility index (Phi) is 11.5.